The van der Waals surface area contributed by atoms with Crippen molar-refractivity contribution in [1.29, 1.82) is 0 Å². The molecule has 0 aliphatic carbocycles. The zero-order valence-corrected chi connectivity index (χ0v) is 16.5. The molecule has 0 unspecified atom stereocenters. The molecule has 1 aliphatic rings. The number of aliphatic hydroxyl groups is 1. The van der Waals surface area contributed by atoms with Gasteiger partial charge in [0.05, 0.1) is 32.3 Å². The van der Waals surface area contributed by atoms with E-state index in [0.29, 0.717) is 22.6 Å². The van der Waals surface area contributed by atoms with Crippen molar-refractivity contribution in [3.05, 3.63) is 65.2 Å². The van der Waals surface area contributed by atoms with Gasteiger partial charge in [-0.3, -0.25) is 14.4 Å². The summed E-state index contributed by atoms with van der Waals surface area (Å²) in [5.41, 5.74) is 0.748. The first-order chi connectivity index (χ1) is 14.4. The van der Waals surface area contributed by atoms with Crippen molar-refractivity contribution in [2.24, 2.45) is 0 Å². The number of aliphatic carboxylic acids is 1. The van der Waals surface area contributed by atoms with Gasteiger partial charge in [0, 0.05) is 12.1 Å². The van der Waals surface area contributed by atoms with Gasteiger partial charge in [-0.05, 0) is 17.7 Å². The topological polar surface area (TPSA) is 113 Å². The molecule has 2 aromatic rings. The van der Waals surface area contributed by atoms with Gasteiger partial charge in [0.1, 0.15) is 5.76 Å². The van der Waals surface area contributed by atoms with Gasteiger partial charge in [0.15, 0.2) is 11.5 Å². The fourth-order valence-electron chi connectivity index (χ4n) is 3.45. The fourth-order valence-corrected chi connectivity index (χ4v) is 3.45. The standard InChI is InChI=1S/C22H21NO7/c1-29-15-9-8-14(12-16(15)30-2)19-18(20(26)13-6-4-3-5-7-13)21(27)22(28)23(19)11-10-17(24)25/h3-9,12,19,26H,10-11H2,1-2H3,(H,24,25)/b20-18+/t19-/m1/s1. The van der Waals surface area contributed by atoms with Crippen molar-refractivity contribution < 1.29 is 34.1 Å². The van der Waals surface area contributed by atoms with Crippen LogP contribution >= 0.6 is 0 Å². The van der Waals surface area contributed by atoms with Gasteiger partial charge in [0.25, 0.3) is 11.7 Å². The van der Waals surface area contributed by atoms with E-state index in [1.54, 1.807) is 48.5 Å². The maximum atomic E-state index is 12.8. The van der Waals surface area contributed by atoms with E-state index < -0.39 is 23.7 Å². The van der Waals surface area contributed by atoms with Gasteiger partial charge in [-0.15, -0.1) is 0 Å². The number of carboxylic acid groups (broad SMARTS) is 1. The molecule has 1 aliphatic heterocycles. The van der Waals surface area contributed by atoms with Crippen LogP contribution in [0.5, 0.6) is 11.5 Å². The Morgan fingerprint density at radius 1 is 1.00 bits per heavy atom. The number of benzene rings is 2. The average molecular weight is 411 g/mol. The van der Waals surface area contributed by atoms with Gasteiger partial charge in [0.2, 0.25) is 0 Å². The molecule has 2 N–H and O–H groups in total. The predicted molar refractivity (Wildman–Crippen MR) is 107 cm³/mol. The van der Waals surface area contributed by atoms with Crippen LogP contribution in [-0.2, 0) is 14.4 Å². The van der Waals surface area contributed by atoms with Crippen molar-refractivity contribution in [2.75, 3.05) is 20.8 Å². The monoisotopic (exact) mass is 411 g/mol. The summed E-state index contributed by atoms with van der Waals surface area (Å²) >= 11 is 0. The third kappa shape index (κ3) is 3.84. The predicted octanol–water partition coefficient (Wildman–Crippen LogP) is 2.60. The van der Waals surface area contributed by atoms with Crippen LogP contribution in [0.3, 0.4) is 0 Å². The number of ether oxygens (including phenoxy) is 2. The lowest BCUT2D eigenvalue weighted by Crippen LogP contribution is -2.31. The molecule has 3 rings (SSSR count). The minimum absolute atomic E-state index is 0.108. The summed E-state index contributed by atoms with van der Waals surface area (Å²) in [6.07, 6.45) is -0.345. The maximum Gasteiger partial charge on any atom is 0.305 e. The number of hydrogen-bond acceptors (Lipinski definition) is 6. The third-order valence-corrected chi connectivity index (χ3v) is 4.88. The van der Waals surface area contributed by atoms with Crippen molar-refractivity contribution in [2.45, 2.75) is 12.5 Å². The second kappa shape index (κ2) is 8.69. The summed E-state index contributed by atoms with van der Waals surface area (Å²) in [4.78, 5) is 37.8. The second-order valence-corrected chi connectivity index (χ2v) is 6.62. The van der Waals surface area contributed by atoms with Gasteiger partial charge in [-0.2, -0.15) is 0 Å². The van der Waals surface area contributed by atoms with Gasteiger partial charge in [-0.25, -0.2) is 0 Å². The summed E-state index contributed by atoms with van der Waals surface area (Å²) < 4.78 is 10.6. The Hall–Kier alpha value is -3.81. The van der Waals surface area contributed by atoms with Gasteiger partial charge >= 0.3 is 5.97 Å². The molecular formula is C22H21NO7. The first-order valence-corrected chi connectivity index (χ1v) is 9.16. The van der Waals surface area contributed by atoms with Crippen molar-refractivity contribution in [3.8, 4) is 11.5 Å². The first kappa shape index (κ1) is 20.9. The first-order valence-electron chi connectivity index (χ1n) is 9.16. The number of ketones is 1. The van der Waals surface area contributed by atoms with E-state index in [0.717, 1.165) is 4.90 Å². The summed E-state index contributed by atoms with van der Waals surface area (Å²) in [5.74, 6) is -2.35. The van der Waals surface area contributed by atoms with Crippen molar-refractivity contribution in [1.82, 2.24) is 4.90 Å². The Labute approximate surface area is 173 Å². The van der Waals surface area contributed by atoms with E-state index in [-0.39, 0.29) is 24.3 Å². The number of aliphatic hydroxyl groups excluding tert-OH is 1. The van der Waals surface area contributed by atoms with Crippen LogP contribution in [0.4, 0.5) is 0 Å². The highest BCUT2D eigenvalue weighted by molar-refractivity contribution is 6.46. The molecule has 0 saturated carbocycles. The Balaban J connectivity index is 2.18. The number of hydrogen-bond donors (Lipinski definition) is 2. The number of nitrogens with zero attached hydrogens (tertiary/aromatic N) is 1. The van der Waals surface area contributed by atoms with Crippen LogP contribution in [0.1, 0.15) is 23.6 Å². The van der Waals surface area contributed by atoms with Gasteiger partial charge in [-0.1, -0.05) is 36.4 Å². The SMILES string of the molecule is COc1ccc([C@@H]2/C(=C(\O)c3ccccc3)C(=O)C(=O)N2CCC(=O)O)cc1OC. The molecule has 0 spiro atoms. The summed E-state index contributed by atoms with van der Waals surface area (Å²) in [7, 11) is 2.93. The Kier molecular flexibility index (Phi) is 6.06. The van der Waals surface area contributed by atoms with Crippen LogP contribution in [0, 0.1) is 0 Å². The minimum atomic E-state index is -1.11. The molecule has 2 aromatic carbocycles. The fraction of sp³-hybridized carbons (Fsp3) is 0.227. The van der Waals surface area contributed by atoms with Crippen LogP contribution in [-0.4, -0.2) is 53.5 Å². The number of methoxy groups -OCH3 is 2. The molecule has 8 heteroatoms. The minimum Gasteiger partial charge on any atom is -0.507 e. The van der Waals surface area contributed by atoms with E-state index in [9.17, 15) is 19.5 Å². The summed E-state index contributed by atoms with van der Waals surface area (Å²) in [5, 5.41) is 19.9. The van der Waals surface area contributed by atoms with Crippen LogP contribution in [0.25, 0.3) is 5.76 Å². The third-order valence-electron chi connectivity index (χ3n) is 4.88. The molecule has 0 aromatic heterocycles. The van der Waals surface area contributed by atoms with Gasteiger partial charge < -0.3 is 24.6 Å². The quantitative estimate of drug-likeness (QED) is 0.409. The molecule has 156 valence electrons. The molecule has 30 heavy (non-hydrogen) atoms. The Bertz CT molecular complexity index is 1010. The summed E-state index contributed by atoms with van der Waals surface area (Å²) in [6, 6.07) is 12.3. The number of likely N-dealkylation sites (tertiary alicyclic amines) is 1. The van der Waals surface area contributed by atoms with Crippen LogP contribution in [0.15, 0.2) is 54.1 Å². The van der Waals surface area contributed by atoms with Crippen LogP contribution in [0.2, 0.25) is 0 Å². The molecule has 1 amide bonds. The smallest absolute Gasteiger partial charge is 0.305 e. The highest BCUT2D eigenvalue weighted by Gasteiger charge is 2.46. The molecular weight excluding hydrogens is 390 g/mol. The number of amides is 1. The lowest BCUT2D eigenvalue weighted by molar-refractivity contribution is -0.142. The lowest BCUT2D eigenvalue weighted by atomic mass is 9.95. The normalized spacial score (nSPS) is 17.8. The lowest BCUT2D eigenvalue weighted by Gasteiger charge is -2.25. The number of Topliss-reactive ketones (excluding diaryl/α,β-unsaturated/α-hetero) is 1. The number of carbonyl (C=O) groups is 3. The molecule has 0 radical (unpaired) electrons. The second-order valence-electron chi connectivity index (χ2n) is 6.62. The van der Waals surface area contributed by atoms with E-state index in [4.69, 9.17) is 14.6 Å². The molecule has 1 saturated heterocycles. The van der Waals surface area contributed by atoms with E-state index in [2.05, 4.69) is 0 Å². The molecule has 0 bridgehead atoms. The largest absolute Gasteiger partial charge is 0.507 e. The summed E-state index contributed by atoms with van der Waals surface area (Å²) in [6.45, 7) is -0.190. The highest BCUT2D eigenvalue weighted by Crippen LogP contribution is 2.41. The maximum absolute atomic E-state index is 12.8. The van der Waals surface area contributed by atoms with E-state index >= 15 is 0 Å². The number of rotatable bonds is 7. The Morgan fingerprint density at radius 3 is 2.27 bits per heavy atom. The van der Waals surface area contributed by atoms with E-state index in [1.807, 2.05) is 0 Å². The number of carbonyl (C=O) groups excluding carboxylic acids is 2. The molecule has 1 atom stereocenters. The number of carboxylic acids is 1. The van der Waals surface area contributed by atoms with Crippen molar-refractivity contribution >= 4 is 23.4 Å². The average Bonchev–Trinajstić information content (AvgIpc) is 3.01. The Morgan fingerprint density at radius 2 is 1.67 bits per heavy atom. The van der Waals surface area contributed by atoms with Crippen molar-refractivity contribution in [3.63, 3.8) is 0 Å². The molecule has 1 fully saturated rings. The highest BCUT2D eigenvalue weighted by atomic mass is 16.5. The van der Waals surface area contributed by atoms with Crippen LogP contribution < -0.4 is 9.47 Å². The molecule has 8 nitrogen and oxygen atoms in total. The van der Waals surface area contributed by atoms with E-state index in [1.165, 1.54) is 14.2 Å². The molecule has 1 heterocycles. The zero-order chi connectivity index (χ0) is 21.8. The zero-order valence-electron chi connectivity index (χ0n) is 16.5.